The second-order valence-corrected chi connectivity index (χ2v) is 8.69. The number of nitrogens with one attached hydrogen (secondary N) is 2. The summed E-state index contributed by atoms with van der Waals surface area (Å²) < 4.78 is 21.1. The largest absolute Gasteiger partial charge is 0.387 e. The van der Waals surface area contributed by atoms with Crippen LogP contribution in [-0.2, 0) is 4.74 Å². The van der Waals surface area contributed by atoms with E-state index in [-0.39, 0.29) is 18.2 Å². The molecule has 1 aliphatic rings. The molecular weight excluding hydrogens is 439 g/mol. The van der Waals surface area contributed by atoms with Crippen molar-refractivity contribution in [3.8, 4) is 11.3 Å². The van der Waals surface area contributed by atoms with Crippen molar-refractivity contribution in [1.29, 1.82) is 0 Å². The summed E-state index contributed by atoms with van der Waals surface area (Å²) in [6.07, 6.45) is 5.39. The Morgan fingerprint density at radius 1 is 1.41 bits per heavy atom. The number of ether oxygens (including phenoxy) is 1. The van der Waals surface area contributed by atoms with Gasteiger partial charge in [0.1, 0.15) is 6.17 Å². The quantitative estimate of drug-likeness (QED) is 0.494. The molecule has 2 atom stereocenters. The highest BCUT2D eigenvalue weighted by molar-refractivity contribution is 6.30. The highest BCUT2D eigenvalue weighted by atomic mass is 35.5. The van der Waals surface area contributed by atoms with E-state index in [0.717, 1.165) is 6.42 Å². The maximum absolute atomic E-state index is 14.1. The van der Waals surface area contributed by atoms with Crippen LogP contribution in [0, 0.1) is 0 Å². The van der Waals surface area contributed by atoms with Gasteiger partial charge in [-0.05, 0) is 26.3 Å². The van der Waals surface area contributed by atoms with Gasteiger partial charge in [-0.1, -0.05) is 11.6 Å². The summed E-state index contributed by atoms with van der Waals surface area (Å²) in [6.45, 7) is 3.52. The summed E-state index contributed by atoms with van der Waals surface area (Å²) in [6, 6.07) is 1.77. The van der Waals surface area contributed by atoms with E-state index in [1.807, 2.05) is 0 Å². The first-order valence-corrected chi connectivity index (χ1v) is 10.6. The van der Waals surface area contributed by atoms with Crippen molar-refractivity contribution in [3.05, 3.63) is 41.4 Å². The number of aromatic nitrogens is 4. The van der Waals surface area contributed by atoms with Gasteiger partial charge < -0.3 is 20.5 Å². The molecule has 0 aromatic carbocycles. The molecule has 4 heterocycles. The van der Waals surface area contributed by atoms with E-state index < -0.39 is 17.7 Å². The van der Waals surface area contributed by atoms with Gasteiger partial charge in [0.05, 0.1) is 64.7 Å². The third-order valence-electron chi connectivity index (χ3n) is 5.25. The number of carbonyl (C=O) groups excluding carboxylic acids is 1. The number of anilines is 1. The van der Waals surface area contributed by atoms with Crippen LogP contribution in [0.2, 0.25) is 5.02 Å². The van der Waals surface area contributed by atoms with Crippen molar-refractivity contribution >= 4 is 28.8 Å². The molecule has 1 unspecified atom stereocenters. The Balaban J connectivity index is 1.64. The molecule has 0 radical (unpaired) electrons. The third-order valence-corrected chi connectivity index (χ3v) is 5.44. The molecule has 32 heavy (non-hydrogen) atoms. The number of aliphatic hydroxyl groups is 1. The number of hydrogen-bond donors (Lipinski definition) is 3. The van der Waals surface area contributed by atoms with Gasteiger partial charge in [0, 0.05) is 19.0 Å². The van der Waals surface area contributed by atoms with Crippen LogP contribution in [0.4, 0.5) is 10.1 Å². The first kappa shape index (κ1) is 22.4. The Bertz CT molecular complexity index is 1130. The molecule has 3 aromatic rings. The summed E-state index contributed by atoms with van der Waals surface area (Å²) in [7, 11) is 0. The van der Waals surface area contributed by atoms with E-state index >= 15 is 0 Å². The fourth-order valence-corrected chi connectivity index (χ4v) is 3.47. The molecule has 0 bridgehead atoms. The summed E-state index contributed by atoms with van der Waals surface area (Å²) in [5.41, 5.74) is 1.04. The smallest absolute Gasteiger partial charge is 0.255 e. The lowest BCUT2D eigenvalue weighted by molar-refractivity contribution is -0.00177. The zero-order valence-electron chi connectivity index (χ0n) is 17.7. The number of nitrogens with zero attached hydrogens (tertiary/aromatic N) is 4. The van der Waals surface area contributed by atoms with Gasteiger partial charge in [-0.2, -0.15) is 5.10 Å². The molecule has 1 fully saturated rings. The van der Waals surface area contributed by atoms with Gasteiger partial charge in [0.25, 0.3) is 5.91 Å². The molecule has 4 rings (SSSR count). The van der Waals surface area contributed by atoms with Crippen molar-refractivity contribution in [1.82, 2.24) is 24.9 Å². The lowest BCUT2D eigenvalue weighted by atomic mass is 10.0. The van der Waals surface area contributed by atoms with E-state index in [1.165, 1.54) is 26.2 Å². The number of alkyl halides is 1. The van der Waals surface area contributed by atoms with Crippen LogP contribution in [0.25, 0.3) is 16.9 Å². The van der Waals surface area contributed by atoms with E-state index in [4.69, 9.17) is 16.3 Å². The lowest BCUT2D eigenvalue weighted by Crippen LogP contribution is -2.42. The van der Waals surface area contributed by atoms with Gasteiger partial charge in [0.2, 0.25) is 0 Å². The average Bonchev–Trinajstić information content (AvgIpc) is 3.40. The number of carbonyl (C=O) groups is 1. The second kappa shape index (κ2) is 8.97. The molecule has 0 spiro atoms. The number of rotatable bonds is 7. The Hall–Kier alpha value is -2.82. The Morgan fingerprint density at radius 2 is 2.22 bits per heavy atom. The van der Waals surface area contributed by atoms with Gasteiger partial charge in [0.15, 0.2) is 5.65 Å². The maximum Gasteiger partial charge on any atom is 0.255 e. The Kier molecular flexibility index (Phi) is 6.27. The molecular formula is C21H24ClFN6O3. The fraction of sp³-hybridized carbons (Fsp3) is 0.429. The van der Waals surface area contributed by atoms with Crippen LogP contribution in [0.1, 0.15) is 30.6 Å². The minimum atomic E-state index is -1.62. The van der Waals surface area contributed by atoms with Gasteiger partial charge in [-0.15, -0.1) is 0 Å². The average molecular weight is 463 g/mol. The lowest BCUT2D eigenvalue weighted by Gasteiger charge is -2.23. The van der Waals surface area contributed by atoms with Gasteiger partial charge in [-0.25, -0.2) is 13.9 Å². The predicted molar refractivity (Wildman–Crippen MR) is 118 cm³/mol. The molecule has 3 N–H and O–H groups in total. The fourth-order valence-electron chi connectivity index (χ4n) is 3.33. The molecule has 9 nitrogen and oxygen atoms in total. The molecule has 3 aromatic heterocycles. The molecule has 1 saturated heterocycles. The molecule has 1 amide bonds. The van der Waals surface area contributed by atoms with Crippen LogP contribution in [-0.4, -0.2) is 68.2 Å². The Morgan fingerprint density at radius 3 is 2.94 bits per heavy atom. The van der Waals surface area contributed by atoms with Gasteiger partial charge >= 0.3 is 0 Å². The highest BCUT2D eigenvalue weighted by Crippen LogP contribution is 2.28. The SMILES string of the molecule is CC(C)(O)C(F)CNC(=O)c1cnc(-c2cnn3cc(Cl)cnc23)cc1N[C@H]1CCOC1. The standard InChI is InChI=1S/C21H24ClFN6O3/c1-21(2,31)18(23)9-26-20(30)15-7-24-16(5-17(15)28-13-3-4-32-11-13)14-8-27-29-10-12(22)6-25-19(14)29/h5-8,10,13,18,31H,3-4,9,11H2,1-2H3,(H,24,28)(H,26,30)/t13-,18?/m0/s1. The number of pyridine rings is 1. The van der Waals surface area contributed by atoms with E-state index in [1.54, 1.807) is 23.0 Å². The minimum absolute atomic E-state index is 0.0305. The summed E-state index contributed by atoms with van der Waals surface area (Å²) in [4.78, 5) is 21.6. The summed E-state index contributed by atoms with van der Waals surface area (Å²) >= 11 is 5.98. The van der Waals surface area contributed by atoms with Crippen LogP contribution >= 0.6 is 11.6 Å². The maximum atomic E-state index is 14.1. The molecule has 0 saturated carbocycles. The monoisotopic (exact) mass is 462 g/mol. The molecule has 170 valence electrons. The molecule has 11 heteroatoms. The van der Waals surface area contributed by atoms with Crippen LogP contribution in [0.5, 0.6) is 0 Å². The minimum Gasteiger partial charge on any atom is -0.387 e. The van der Waals surface area contributed by atoms with Crippen molar-refractivity contribution < 1.29 is 19.0 Å². The normalized spacial score (nSPS) is 17.5. The first-order valence-electron chi connectivity index (χ1n) is 10.2. The first-order chi connectivity index (χ1) is 15.2. The van der Waals surface area contributed by atoms with E-state index in [2.05, 4.69) is 25.7 Å². The zero-order valence-corrected chi connectivity index (χ0v) is 18.4. The third kappa shape index (κ3) is 4.82. The zero-order chi connectivity index (χ0) is 22.9. The van der Waals surface area contributed by atoms with Crippen LogP contribution in [0.3, 0.4) is 0 Å². The number of amides is 1. The predicted octanol–water partition coefficient (Wildman–Crippen LogP) is 2.48. The summed E-state index contributed by atoms with van der Waals surface area (Å²) in [5, 5.41) is 20.3. The van der Waals surface area contributed by atoms with Crippen LogP contribution in [0.15, 0.2) is 30.9 Å². The van der Waals surface area contributed by atoms with Crippen molar-refractivity contribution in [2.75, 3.05) is 25.1 Å². The van der Waals surface area contributed by atoms with Crippen LogP contribution < -0.4 is 10.6 Å². The second-order valence-electron chi connectivity index (χ2n) is 8.25. The molecule has 0 aliphatic carbocycles. The molecule has 1 aliphatic heterocycles. The highest BCUT2D eigenvalue weighted by Gasteiger charge is 2.28. The van der Waals surface area contributed by atoms with E-state index in [9.17, 15) is 14.3 Å². The van der Waals surface area contributed by atoms with Gasteiger partial charge in [-0.3, -0.25) is 9.78 Å². The number of fused-ring (bicyclic) bond motifs is 1. The van der Waals surface area contributed by atoms with Crippen molar-refractivity contribution in [2.45, 2.75) is 38.1 Å². The van der Waals surface area contributed by atoms with Crippen molar-refractivity contribution in [2.24, 2.45) is 0 Å². The topological polar surface area (TPSA) is 114 Å². The number of hydrogen-bond acceptors (Lipinski definition) is 7. The van der Waals surface area contributed by atoms with Crippen molar-refractivity contribution in [3.63, 3.8) is 0 Å². The van der Waals surface area contributed by atoms with E-state index in [0.29, 0.717) is 40.8 Å². The number of halogens is 2. The summed E-state index contributed by atoms with van der Waals surface area (Å²) in [5.74, 6) is -0.498. The Labute approximate surface area is 189 Å².